The third kappa shape index (κ3) is 2.36. The maximum atomic E-state index is 11.5. The third-order valence-electron chi connectivity index (χ3n) is 2.62. The quantitative estimate of drug-likeness (QED) is 0.811. The molecule has 88 valence electrons. The molecule has 0 aliphatic heterocycles. The second kappa shape index (κ2) is 4.82. The van der Waals surface area contributed by atoms with Gasteiger partial charge in [0.15, 0.2) is 0 Å². The van der Waals surface area contributed by atoms with Gasteiger partial charge in [-0.1, -0.05) is 0 Å². The van der Waals surface area contributed by atoms with Gasteiger partial charge in [0, 0.05) is 29.2 Å². The van der Waals surface area contributed by atoms with Gasteiger partial charge in [0.25, 0.3) is 0 Å². The Labute approximate surface area is 99.2 Å². The van der Waals surface area contributed by atoms with E-state index in [2.05, 4.69) is 5.32 Å². The molecule has 4 nitrogen and oxygen atoms in total. The highest BCUT2D eigenvalue weighted by molar-refractivity contribution is 5.88. The number of hydrogen-bond acceptors (Lipinski definition) is 2. The number of fused-ring (bicyclic) bond motifs is 1. The van der Waals surface area contributed by atoms with Crippen LogP contribution in [0, 0.1) is 0 Å². The number of aromatic nitrogens is 1. The van der Waals surface area contributed by atoms with Crippen LogP contribution in [-0.2, 0) is 11.3 Å². The highest BCUT2D eigenvalue weighted by atomic mass is 16.1. The molecule has 2 aromatic rings. The maximum absolute atomic E-state index is 11.5. The first kappa shape index (κ1) is 11.4. The summed E-state index contributed by atoms with van der Waals surface area (Å²) in [5.74, 6) is -0.00976. The van der Waals surface area contributed by atoms with Crippen molar-refractivity contribution < 1.29 is 9.59 Å². The Morgan fingerprint density at radius 3 is 2.94 bits per heavy atom. The van der Waals surface area contributed by atoms with Crippen LogP contribution in [0.25, 0.3) is 10.9 Å². The zero-order valence-electron chi connectivity index (χ0n) is 9.64. The lowest BCUT2D eigenvalue weighted by atomic mass is 10.2. The lowest BCUT2D eigenvalue weighted by molar-refractivity contribution is -0.121. The Balaban J connectivity index is 2.30. The van der Waals surface area contributed by atoms with Crippen LogP contribution in [0.5, 0.6) is 0 Å². The number of hydrogen-bond donors (Lipinski definition) is 1. The number of likely N-dealkylation sites (N-methyl/N-ethyl adjacent to an activating group) is 1. The van der Waals surface area contributed by atoms with Crippen LogP contribution in [0.15, 0.2) is 30.5 Å². The Morgan fingerprint density at radius 1 is 1.41 bits per heavy atom. The first-order chi connectivity index (χ1) is 8.24. The van der Waals surface area contributed by atoms with Gasteiger partial charge in [-0.15, -0.1) is 0 Å². The molecule has 1 heterocycles. The van der Waals surface area contributed by atoms with Crippen molar-refractivity contribution in [2.24, 2.45) is 0 Å². The summed E-state index contributed by atoms with van der Waals surface area (Å²) in [5, 5.41) is 3.73. The van der Waals surface area contributed by atoms with Crippen molar-refractivity contribution in [3.8, 4) is 0 Å². The first-order valence-electron chi connectivity index (χ1n) is 5.55. The molecule has 0 aliphatic carbocycles. The normalized spacial score (nSPS) is 10.4. The van der Waals surface area contributed by atoms with Crippen molar-refractivity contribution in [1.82, 2.24) is 9.88 Å². The van der Waals surface area contributed by atoms with Crippen LogP contribution in [-0.4, -0.2) is 23.3 Å². The largest absolute Gasteiger partial charge is 0.355 e. The van der Waals surface area contributed by atoms with Gasteiger partial charge in [-0.05, 0) is 31.2 Å². The van der Waals surface area contributed by atoms with Crippen molar-refractivity contribution in [1.29, 1.82) is 0 Å². The first-order valence-corrected chi connectivity index (χ1v) is 5.55. The lowest BCUT2D eigenvalue weighted by Crippen LogP contribution is -2.26. The Kier molecular flexibility index (Phi) is 3.23. The summed E-state index contributed by atoms with van der Waals surface area (Å²) >= 11 is 0. The number of amides is 1. The fourth-order valence-electron chi connectivity index (χ4n) is 1.84. The van der Waals surface area contributed by atoms with E-state index in [1.165, 1.54) is 0 Å². The molecule has 1 aromatic carbocycles. The van der Waals surface area contributed by atoms with E-state index in [4.69, 9.17) is 0 Å². The molecule has 1 amide bonds. The molecule has 0 radical (unpaired) electrons. The van der Waals surface area contributed by atoms with Crippen LogP contribution in [0.4, 0.5) is 0 Å². The predicted octanol–water partition coefficient (Wildman–Crippen LogP) is 1.59. The van der Waals surface area contributed by atoms with Gasteiger partial charge >= 0.3 is 0 Å². The molecule has 17 heavy (non-hydrogen) atoms. The monoisotopic (exact) mass is 230 g/mol. The molecule has 0 spiro atoms. The number of carbonyl (C=O) groups is 2. The summed E-state index contributed by atoms with van der Waals surface area (Å²) < 4.78 is 1.87. The van der Waals surface area contributed by atoms with E-state index in [-0.39, 0.29) is 5.91 Å². The average Bonchev–Trinajstić information content (AvgIpc) is 2.72. The zero-order valence-corrected chi connectivity index (χ0v) is 9.64. The highest BCUT2D eigenvalue weighted by Crippen LogP contribution is 2.16. The van der Waals surface area contributed by atoms with E-state index in [0.717, 1.165) is 17.2 Å². The molecular weight excluding hydrogens is 216 g/mol. The zero-order chi connectivity index (χ0) is 12.3. The van der Waals surface area contributed by atoms with Gasteiger partial charge in [0.1, 0.15) is 12.8 Å². The molecule has 4 heteroatoms. The van der Waals surface area contributed by atoms with Crippen molar-refractivity contribution >= 4 is 23.1 Å². The molecule has 2 rings (SSSR count). The molecular formula is C13H14N2O2. The smallest absolute Gasteiger partial charge is 0.239 e. The van der Waals surface area contributed by atoms with Gasteiger partial charge in [0.2, 0.25) is 5.91 Å². The van der Waals surface area contributed by atoms with E-state index in [1.807, 2.05) is 35.9 Å². The van der Waals surface area contributed by atoms with E-state index >= 15 is 0 Å². The van der Waals surface area contributed by atoms with Gasteiger partial charge in [-0.3, -0.25) is 9.59 Å². The maximum Gasteiger partial charge on any atom is 0.239 e. The number of rotatable bonds is 4. The van der Waals surface area contributed by atoms with Gasteiger partial charge in [-0.25, -0.2) is 0 Å². The average molecular weight is 230 g/mol. The standard InChI is InChI=1S/C13H14N2O2/c1-2-14-13(17)8-15-6-5-11-7-10(9-16)3-4-12(11)15/h3-7,9H,2,8H2,1H3,(H,14,17). The van der Waals surface area contributed by atoms with Crippen LogP contribution < -0.4 is 5.32 Å². The van der Waals surface area contributed by atoms with Crippen LogP contribution >= 0.6 is 0 Å². The van der Waals surface area contributed by atoms with Crippen molar-refractivity contribution in [3.05, 3.63) is 36.0 Å². The number of aldehydes is 1. The Hall–Kier alpha value is -2.10. The van der Waals surface area contributed by atoms with E-state index in [9.17, 15) is 9.59 Å². The topological polar surface area (TPSA) is 51.1 Å². The second-order valence-corrected chi connectivity index (χ2v) is 3.83. The highest BCUT2D eigenvalue weighted by Gasteiger charge is 2.05. The predicted molar refractivity (Wildman–Crippen MR) is 66.0 cm³/mol. The van der Waals surface area contributed by atoms with E-state index in [1.54, 1.807) is 6.07 Å². The summed E-state index contributed by atoms with van der Waals surface area (Å²) in [5.41, 5.74) is 1.61. The van der Waals surface area contributed by atoms with E-state index < -0.39 is 0 Å². The van der Waals surface area contributed by atoms with Gasteiger partial charge in [-0.2, -0.15) is 0 Å². The van der Waals surface area contributed by atoms with Crippen molar-refractivity contribution in [2.75, 3.05) is 6.54 Å². The number of nitrogens with zero attached hydrogens (tertiary/aromatic N) is 1. The minimum Gasteiger partial charge on any atom is -0.355 e. The molecule has 0 saturated carbocycles. The summed E-state index contributed by atoms with van der Waals surface area (Å²) in [6, 6.07) is 7.33. The van der Waals surface area contributed by atoms with Crippen LogP contribution in [0.1, 0.15) is 17.3 Å². The molecule has 0 atom stereocenters. The van der Waals surface area contributed by atoms with E-state index in [0.29, 0.717) is 18.7 Å². The number of nitrogens with one attached hydrogen (secondary N) is 1. The number of carbonyl (C=O) groups excluding carboxylic acids is 2. The SMILES string of the molecule is CCNC(=O)Cn1ccc2cc(C=O)ccc21. The summed E-state index contributed by atoms with van der Waals surface area (Å²) in [6.07, 6.45) is 2.68. The fraction of sp³-hybridized carbons (Fsp3) is 0.231. The molecule has 0 saturated heterocycles. The molecule has 0 fully saturated rings. The summed E-state index contributed by atoms with van der Waals surface area (Å²) in [7, 11) is 0. The van der Waals surface area contributed by atoms with Crippen LogP contribution in [0.2, 0.25) is 0 Å². The molecule has 1 N–H and O–H groups in total. The molecule has 0 aliphatic rings. The minimum absolute atomic E-state index is 0.00976. The summed E-state index contributed by atoms with van der Waals surface area (Å²) in [4.78, 5) is 22.1. The lowest BCUT2D eigenvalue weighted by Gasteiger charge is -2.05. The van der Waals surface area contributed by atoms with Crippen LogP contribution in [0.3, 0.4) is 0 Å². The minimum atomic E-state index is -0.00976. The van der Waals surface area contributed by atoms with Gasteiger partial charge < -0.3 is 9.88 Å². The molecule has 0 unspecified atom stereocenters. The second-order valence-electron chi connectivity index (χ2n) is 3.83. The van der Waals surface area contributed by atoms with Crippen molar-refractivity contribution in [3.63, 3.8) is 0 Å². The Morgan fingerprint density at radius 2 is 2.24 bits per heavy atom. The van der Waals surface area contributed by atoms with Crippen molar-refractivity contribution in [2.45, 2.75) is 13.5 Å². The summed E-state index contributed by atoms with van der Waals surface area (Å²) in [6.45, 7) is 2.83. The fourth-order valence-corrected chi connectivity index (χ4v) is 1.84. The Bertz CT molecular complexity index is 558. The third-order valence-corrected chi connectivity index (χ3v) is 2.62. The molecule has 1 aromatic heterocycles. The number of benzene rings is 1. The van der Waals surface area contributed by atoms with Gasteiger partial charge in [0.05, 0.1) is 0 Å². The molecule has 0 bridgehead atoms.